The van der Waals surface area contributed by atoms with E-state index in [0.717, 1.165) is 21.9 Å². The minimum atomic E-state index is -0.838. The van der Waals surface area contributed by atoms with Crippen molar-refractivity contribution in [3.63, 3.8) is 0 Å². The maximum absolute atomic E-state index is 13.0. The SMILES string of the molecule is CO/N=C(\C(=O)NC1C(=O)N2C(C(=O)S)=C(c3nc(C)c(C)s3)CS[C@H]12)c1csc(N)n1. The molecule has 1 unspecified atom stereocenters. The van der Waals surface area contributed by atoms with E-state index in [1.165, 1.54) is 35.1 Å². The number of amides is 2. The van der Waals surface area contributed by atoms with Crippen molar-refractivity contribution < 1.29 is 19.2 Å². The number of nitrogen functional groups attached to an aromatic ring is 1. The van der Waals surface area contributed by atoms with Crippen molar-refractivity contribution in [2.45, 2.75) is 25.3 Å². The predicted octanol–water partition coefficient (Wildman–Crippen LogP) is 1.42. The number of aromatic nitrogens is 2. The largest absolute Gasteiger partial charge is 0.398 e. The third-order valence-electron chi connectivity index (χ3n) is 4.91. The topological polar surface area (TPSA) is 140 Å². The lowest BCUT2D eigenvalue weighted by molar-refractivity contribution is -0.145. The molecule has 1 fully saturated rings. The number of carbonyl (C=O) groups is 3. The van der Waals surface area contributed by atoms with E-state index in [2.05, 4.69) is 33.1 Å². The van der Waals surface area contributed by atoms with Gasteiger partial charge in [-0.15, -0.1) is 34.4 Å². The Morgan fingerprint density at radius 1 is 1.38 bits per heavy atom. The molecule has 4 heterocycles. The molecule has 168 valence electrons. The lowest BCUT2D eigenvalue weighted by Gasteiger charge is -2.49. The van der Waals surface area contributed by atoms with E-state index in [0.29, 0.717) is 16.3 Å². The van der Waals surface area contributed by atoms with Crippen molar-refractivity contribution in [1.29, 1.82) is 0 Å². The molecular formula is C18H18N6O4S4. The fourth-order valence-corrected chi connectivity index (χ4v) is 6.47. The first-order valence-corrected chi connectivity index (χ1v) is 12.4. The lowest BCUT2D eigenvalue weighted by Crippen LogP contribution is -2.70. The molecule has 10 nitrogen and oxygen atoms in total. The predicted molar refractivity (Wildman–Crippen MR) is 128 cm³/mol. The molecule has 2 aliphatic rings. The molecule has 0 aromatic carbocycles. The molecule has 4 rings (SSSR count). The summed E-state index contributed by atoms with van der Waals surface area (Å²) in [7, 11) is 1.30. The summed E-state index contributed by atoms with van der Waals surface area (Å²) in [5, 5.41) is 7.97. The Morgan fingerprint density at radius 2 is 2.12 bits per heavy atom. The number of hydrogen-bond donors (Lipinski definition) is 3. The van der Waals surface area contributed by atoms with Crippen LogP contribution in [0.5, 0.6) is 0 Å². The van der Waals surface area contributed by atoms with Gasteiger partial charge in [0.05, 0.1) is 5.69 Å². The Kier molecular flexibility index (Phi) is 6.29. The van der Waals surface area contributed by atoms with Crippen LogP contribution in [0.4, 0.5) is 5.13 Å². The molecule has 0 spiro atoms. The maximum atomic E-state index is 13.0. The number of aryl methyl sites for hydroxylation is 2. The van der Waals surface area contributed by atoms with Crippen LogP contribution in [0.3, 0.4) is 0 Å². The highest BCUT2D eigenvalue weighted by Crippen LogP contribution is 2.44. The van der Waals surface area contributed by atoms with Gasteiger partial charge in [-0.2, -0.15) is 0 Å². The quantitative estimate of drug-likeness (QED) is 0.229. The summed E-state index contributed by atoms with van der Waals surface area (Å²) in [6, 6.07) is -0.838. The van der Waals surface area contributed by atoms with Crippen LogP contribution in [-0.2, 0) is 19.2 Å². The molecule has 1 saturated heterocycles. The fourth-order valence-electron chi connectivity index (χ4n) is 3.29. The molecule has 32 heavy (non-hydrogen) atoms. The van der Waals surface area contributed by atoms with Crippen molar-refractivity contribution in [3.8, 4) is 0 Å². The monoisotopic (exact) mass is 510 g/mol. The van der Waals surface area contributed by atoms with E-state index in [9.17, 15) is 14.4 Å². The number of rotatable bonds is 6. The number of nitrogens with one attached hydrogen (secondary N) is 1. The van der Waals surface area contributed by atoms with Crippen LogP contribution in [0.1, 0.15) is 21.3 Å². The maximum Gasteiger partial charge on any atom is 0.276 e. The molecule has 14 heteroatoms. The van der Waals surface area contributed by atoms with Crippen LogP contribution in [0.2, 0.25) is 0 Å². The van der Waals surface area contributed by atoms with Gasteiger partial charge in [0.15, 0.2) is 10.8 Å². The molecule has 0 radical (unpaired) electrons. The van der Waals surface area contributed by atoms with Crippen LogP contribution in [0, 0.1) is 13.8 Å². The summed E-state index contributed by atoms with van der Waals surface area (Å²) in [6.07, 6.45) is 0. The number of fused-ring (bicyclic) bond motifs is 1. The molecule has 3 N–H and O–H groups in total. The van der Waals surface area contributed by atoms with Gasteiger partial charge >= 0.3 is 0 Å². The number of thioether (sulfide) groups is 1. The Labute approximate surface area is 200 Å². The van der Waals surface area contributed by atoms with Gasteiger partial charge in [0.2, 0.25) is 5.12 Å². The molecule has 2 aromatic heterocycles. The van der Waals surface area contributed by atoms with Gasteiger partial charge in [0.1, 0.15) is 34.9 Å². The first-order chi connectivity index (χ1) is 15.2. The average Bonchev–Trinajstić information content (AvgIpc) is 3.33. The van der Waals surface area contributed by atoms with Gasteiger partial charge in [0, 0.05) is 21.6 Å². The standard InChI is InChI=1S/C18H18N6O4S4/c1-6-7(2)32-14(20-6)8-4-30-16-11(15(26)24(16)12(8)17(27)29)22-13(25)10(23-28-3)9-5-31-18(19)21-9/h5,11,16H,4H2,1-3H3,(H2,19,21)(H,22,25)(H,27,29)/b23-10-/t11?,16-/m1/s1. The minimum Gasteiger partial charge on any atom is -0.398 e. The average molecular weight is 511 g/mol. The van der Waals surface area contributed by atoms with Gasteiger partial charge < -0.3 is 15.9 Å². The minimum absolute atomic E-state index is 0.0945. The summed E-state index contributed by atoms with van der Waals surface area (Å²) < 4.78 is 0. The number of β-lactam (4-membered cyclic amide) rings is 1. The summed E-state index contributed by atoms with van der Waals surface area (Å²) in [4.78, 5) is 53.9. The number of nitrogens with zero attached hydrogens (tertiary/aromatic N) is 4. The van der Waals surface area contributed by atoms with Crippen LogP contribution in [-0.4, -0.2) is 61.8 Å². The van der Waals surface area contributed by atoms with Gasteiger partial charge in [-0.25, -0.2) is 9.97 Å². The summed E-state index contributed by atoms with van der Waals surface area (Å²) in [5.41, 5.74) is 7.55. The first kappa shape index (κ1) is 22.8. The molecule has 2 atom stereocenters. The van der Waals surface area contributed by atoms with E-state index < -0.39 is 28.3 Å². The van der Waals surface area contributed by atoms with Crippen LogP contribution >= 0.6 is 47.1 Å². The molecule has 0 aliphatic carbocycles. The van der Waals surface area contributed by atoms with E-state index in [1.807, 2.05) is 13.8 Å². The Bertz CT molecular complexity index is 1170. The second-order valence-corrected chi connectivity index (χ2v) is 10.5. The van der Waals surface area contributed by atoms with E-state index in [-0.39, 0.29) is 22.2 Å². The number of nitrogens with two attached hydrogens (primary N) is 1. The Balaban J connectivity index is 1.58. The molecule has 2 amide bonds. The zero-order valence-electron chi connectivity index (χ0n) is 17.1. The smallest absolute Gasteiger partial charge is 0.276 e. The lowest BCUT2D eigenvalue weighted by atomic mass is 10.0. The highest BCUT2D eigenvalue weighted by atomic mass is 32.2. The van der Waals surface area contributed by atoms with Gasteiger partial charge in [0.25, 0.3) is 11.8 Å². The number of oxime groups is 1. The molecule has 2 aliphatic heterocycles. The van der Waals surface area contributed by atoms with Crippen molar-refractivity contribution in [2.75, 3.05) is 18.6 Å². The molecule has 0 bridgehead atoms. The zero-order valence-corrected chi connectivity index (χ0v) is 20.5. The van der Waals surface area contributed by atoms with Crippen molar-refractivity contribution in [3.05, 3.63) is 32.3 Å². The second kappa shape index (κ2) is 8.84. The Morgan fingerprint density at radius 3 is 2.69 bits per heavy atom. The zero-order chi connectivity index (χ0) is 23.2. The van der Waals surface area contributed by atoms with Crippen molar-refractivity contribution in [2.24, 2.45) is 5.16 Å². The number of carbonyl (C=O) groups excluding carboxylic acids is 3. The van der Waals surface area contributed by atoms with Crippen LogP contribution in [0.25, 0.3) is 5.57 Å². The summed E-state index contributed by atoms with van der Waals surface area (Å²) in [5.74, 6) is -0.586. The van der Waals surface area contributed by atoms with Gasteiger partial charge in [-0.05, 0) is 13.8 Å². The third-order valence-corrected chi connectivity index (χ3v) is 8.20. The molecule has 2 aromatic rings. The second-order valence-electron chi connectivity index (χ2n) is 6.85. The number of thiazole rings is 2. The Hall–Kier alpha value is -2.42. The van der Waals surface area contributed by atoms with Crippen molar-refractivity contribution in [1.82, 2.24) is 20.2 Å². The van der Waals surface area contributed by atoms with Crippen LogP contribution < -0.4 is 11.1 Å². The highest BCUT2D eigenvalue weighted by molar-refractivity contribution is 8.00. The van der Waals surface area contributed by atoms with E-state index >= 15 is 0 Å². The highest BCUT2D eigenvalue weighted by Gasteiger charge is 2.54. The number of thiol groups is 1. The van der Waals surface area contributed by atoms with Crippen molar-refractivity contribution >= 4 is 80.4 Å². The van der Waals surface area contributed by atoms with Gasteiger partial charge in [-0.3, -0.25) is 19.3 Å². The van der Waals surface area contributed by atoms with Gasteiger partial charge in [-0.1, -0.05) is 17.8 Å². The van der Waals surface area contributed by atoms with E-state index in [1.54, 1.807) is 5.38 Å². The third kappa shape index (κ3) is 3.91. The molecular weight excluding hydrogens is 493 g/mol. The van der Waals surface area contributed by atoms with Crippen LogP contribution in [0.15, 0.2) is 16.2 Å². The summed E-state index contributed by atoms with van der Waals surface area (Å²) in [6.45, 7) is 3.85. The fraction of sp³-hybridized carbons (Fsp3) is 0.333. The normalized spacial score (nSPS) is 20.7. The number of hydrogen-bond acceptors (Lipinski definition) is 11. The summed E-state index contributed by atoms with van der Waals surface area (Å²) >= 11 is 8.06. The van der Waals surface area contributed by atoms with E-state index in [4.69, 9.17) is 10.6 Å². The molecule has 0 saturated carbocycles. The number of anilines is 1. The first-order valence-electron chi connectivity index (χ1n) is 9.21.